The van der Waals surface area contributed by atoms with Crippen LogP contribution < -0.4 is 0 Å². The predicted molar refractivity (Wildman–Crippen MR) is 26.2 cm³/mol. The molecule has 0 fully saturated rings. The van der Waals surface area contributed by atoms with Crippen molar-refractivity contribution in [3.05, 3.63) is 0 Å². The van der Waals surface area contributed by atoms with Gasteiger partial charge in [-0.3, -0.25) is 0 Å². The minimum Gasteiger partial charge on any atom is -0.249 e. The summed E-state index contributed by atoms with van der Waals surface area (Å²) in [6.07, 6.45) is -1.24. The molecule has 0 radical (unpaired) electrons. The number of halogens is 3. The van der Waals surface area contributed by atoms with Gasteiger partial charge < -0.3 is 0 Å². The Hall–Kier alpha value is 0.150. The minimum absolute atomic E-state index is 0.792. The van der Waals surface area contributed by atoms with Gasteiger partial charge in [-0.25, -0.2) is 8.78 Å². The second-order valence-corrected chi connectivity index (χ2v) is 1.91. The van der Waals surface area contributed by atoms with Crippen molar-refractivity contribution in [1.29, 1.82) is 0 Å². The Bertz CT molecular complexity index is 47.0. The summed E-state index contributed by atoms with van der Waals surface area (Å²) in [4.78, 5) is 0. The van der Waals surface area contributed by atoms with Gasteiger partial charge in [0.05, 0.1) is 5.38 Å². The fraction of sp³-hybridized carbons (Fsp3) is 1.00. The van der Waals surface area contributed by atoms with Gasteiger partial charge >= 0.3 is 0 Å². The van der Waals surface area contributed by atoms with Gasteiger partial charge in [-0.1, -0.05) is 0 Å². The third-order valence-electron chi connectivity index (χ3n) is 0.646. The molecule has 2 atom stereocenters. The maximum absolute atomic E-state index is 11.7. The van der Waals surface area contributed by atoms with Crippen molar-refractivity contribution in [2.75, 3.05) is 6.67 Å². The zero-order chi connectivity index (χ0) is 5.86. The van der Waals surface area contributed by atoms with E-state index in [1.54, 1.807) is 0 Å². The van der Waals surface area contributed by atoms with Crippen LogP contribution in [0.2, 0.25) is 0 Å². The Morgan fingerprint density at radius 3 is 2.14 bits per heavy atom. The molecule has 0 aromatic heterocycles. The maximum Gasteiger partial charge on any atom is 0.116 e. The lowest BCUT2D eigenvalue weighted by Crippen LogP contribution is -2.13. The topological polar surface area (TPSA) is 0 Å². The molecule has 0 N–H and O–H groups in total. The second kappa shape index (κ2) is 3.19. The van der Waals surface area contributed by atoms with Crippen LogP contribution >= 0.6 is 11.6 Å². The van der Waals surface area contributed by atoms with Crippen molar-refractivity contribution in [3.63, 3.8) is 0 Å². The summed E-state index contributed by atoms with van der Waals surface area (Å²) >= 11 is 5.05. The van der Waals surface area contributed by atoms with E-state index in [4.69, 9.17) is 11.6 Å². The molecule has 0 aromatic carbocycles. The van der Waals surface area contributed by atoms with Gasteiger partial charge in [-0.05, 0) is 6.92 Å². The van der Waals surface area contributed by atoms with E-state index in [1.165, 1.54) is 6.92 Å². The van der Waals surface area contributed by atoms with E-state index in [0.29, 0.717) is 0 Å². The molecule has 0 nitrogen and oxygen atoms in total. The summed E-state index contributed by atoms with van der Waals surface area (Å²) in [7, 11) is 0. The zero-order valence-corrected chi connectivity index (χ0v) is 4.75. The lowest BCUT2D eigenvalue weighted by Gasteiger charge is -2.01. The molecule has 44 valence electrons. The van der Waals surface area contributed by atoms with E-state index in [1.807, 2.05) is 0 Å². The molecule has 2 unspecified atom stereocenters. The Morgan fingerprint density at radius 2 is 2.14 bits per heavy atom. The highest BCUT2D eigenvalue weighted by atomic mass is 35.5. The summed E-state index contributed by atoms with van der Waals surface area (Å²) in [5.74, 6) is 0. The summed E-state index contributed by atoms with van der Waals surface area (Å²) in [5.41, 5.74) is 0. The van der Waals surface area contributed by atoms with Crippen LogP contribution in [-0.2, 0) is 0 Å². The molecule has 0 amide bonds. The molecular weight excluding hydrogens is 121 g/mol. The molecular formula is C4H7ClF2. The first-order chi connectivity index (χ1) is 3.18. The first-order valence-electron chi connectivity index (χ1n) is 2.02. The average Bonchev–Trinajstić information content (AvgIpc) is 1.65. The fourth-order valence-electron chi connectivity index (χ4n) is 0.123. The summed E-state index contributed by atoms with van der Waals surface area (Å²) < 4.78 is 23.0. The molecule has 3 heteroatoms. The fourth-order valence-corrected chi connectivity index (χ4v) is 0.123. The summed E-state index contributed by atoms with van der Waals surface area (Å²) in [5, 5.41) is -0.958. The van der Waals surface area contributed by atoms with Gasteiger partial charge in [0.25, 0.3) is 0 Å². The molecule has 0 aromatic rings. The monoisotopic (exact) mass is 128 g/mol. The molecule has 0 saturated carbocycles. The molecule has 0 rings (SSSR count). The van der Waals surface area contributed by atoms with Gasteiger partial charge in [-0.15, -0.1) is 11.6 Å². The molecule has 0 saturated heterocycles. The van der Waals surface area contributed by atoms with Crippen LogP contribution in [0.1, 0.15) is 6.92 Å². The predicted octanol–water partition coefficient (Wildman–Crippen LogP) is 1.92. The van der Waals surface area contributed by atoms with Crippen LogP contribution in [0.5, 0.6) is 0 Å². The minimum atomic E-state index is -1.24. The molecule has 7 heavy (non-hydrogen) atoms. The molecule has 0 aliphatic rings. The second-order valence-electron chi connectivity index (χ2n) is 1.35. The molecule has 0 aliphatic heterocycles. The van der Waals surface area contributed by atoms with Crippen molar-refractivity contribution >= 4 is 11.6 Å². The largest absolute Gasteiger partial charge is 0.249 e. The van der Waals surface area contributed by atoms with Crippen LogP contribution in [0.15, 0.2) is 0 Å². The normalized spacial score (nSPS) is 18.9. The SMILES string of the molecule is CC(F)C(Cl)CF. The van der Waals surface area contributed by atoms with Crippen LogP contribution in [0, 0.1) is 0 Å². The third kappa shape index (κ3) is 2.80. The van der Waals surface area contributed by atoms with Crippen molar-refractivity contribution in [1.82, 2.24) is 0 Å². The number of hydrogen-bond acceptors (Lipinski definition) is 0. The smallest absolute Gasteiger partial charge is 0.116 e. The van der Waals surface area contributed by atoms with Gasteiger partial charge in [0.2, 0.25) is 0 Å². The maximum atomic E-state index is 11.7. The zero-order valence-electron chi connectivity index (χ0n) is 4.00. The first kappa shape index (κ1) is 7.15. The van der Waals surface area contributed by atoms with Gasteiger partial charge in [0.1, 0.15) is 12.8 Å². The Balaban J connectivity index is 3.14. The van der Waals surface area contributed by atoms with E-state index in [2.05, 4.69) is 0 Å². The van der Waals surface area contributed by atoms with Crippen molar-refractivity contribution in [2.24, 2.45) is 0 Å². The summed E-state index contributed by atoms with van der Waals surface area (Å²) in [6.45, 7) is 0.441. The number of rotatable bonds is 2. The molecule has 0 bridgehead atoms. The van der Waals surface area contributed by atoms with Gasteiger partial charge in [0, 0.05) is 0 Å². The van der Waals surface area contributed by atoms with Crippen molar-refractivity contribution < 1.29 is 8.78 Å². The number of alkyl halides is 3. The Morgan fingerprint density at radius 1 is 1.71 bits per heavy atom. The molecule has 0 heterocycles. The highest BCUT2D eigenvalue weighted by Gasteiger charge is 2.10. The van der Waals surface area contributed by atoms with Gasteiger partial charge in [-0.2, -0.15) is 0 Å². The summed E-state index contributed by atoms with van der Waals surface area (Å²) in [6, 6.07) is 0. The van der Waals surface area contributed by atoms with Crippen LogP contribution in [-0.4, -0.2) is 18.2 Å². The standard InChI is InChI=1S/C4H7ClF2/c1-3(7)4(5)2-6/h3-4H,2H2,1H3. The van der Waals surface area contributed by atoms with Crippen molar-refractivity contribution in [3.8, 4) is 0 Å². The van der Waals surface area contributed by atoms with Crippen LogP contribution in [0.25, 0.3) is 0 Å². The Kier molecular flexibility index (Phi) is 3.26. The van der Waals surface area contributed by atoms with Crippen LogP contribution in [0.3, 0.4) is 0 Å². The highest BCUT2D eigenvalue weighted by Crippen LogP contribution is 2.05. The lowest BCUT2D eigenvalue weighted by molar-refractivity contribution is 0.311. The average molecular weight is 129 g/mol. The molecule has 0 aliphatic carbocycles. The van der Waals surface area contributed by atoms with Crippen LogP contribution in [0.4, 0.5) is 8.78 Å². The highest BCUT2D eigenvalue weighted by molar-refractivity contribution is 6.21. The number of hydrogen-bond donors (Lipinski definition) is 0. The van der Waals surface area contributed by atoms with E-state index in [9.17, 15) is 8.78 Å². The lowest BCUT2D eigenvalue weighted by atomic mass is 10.3. The van der Waals surface area contributed by atoms with Gasteiger partial charge in [0.15, 0.2) is 0 Å². The third-order valence-corrected chi connectivity index (χ3v) is 1.11. The van der Waals surface area contributed by atoms with Crippen molar-refractivity contribution in [2.45, 2.75) is 18.5 Å². The van der Waals surface area contributed by atoms with E-state index >= 15 is 0 Å². The van der Waals surface area contributed by atoms with E-state index in [0.717, 1.165) is 0 Å². The Labute approximate surface area is 46.5 Å². The molecule has 0 spiro atoms. The first-order valence-corrected chi connectivity index (χ1v) is 2.46. The van der Waals surface area contributed by atoms with E-state index in [-0.39, 0.29) is 0 Å². The van der Waals surface area contributed by atoms with E-state index < -0.39 is 18.2 Å². The quantitative estimate of drug-likeness (QED) is 0.499.